The highest BCUT2D eigenvalue weighted by atomic mass is 35.5. The first-order chi connectivity index (χ1) is 11.6. The van der Waals surface area contributed by atoms with E-state index < -0.39 is 6.09 Å². The molecule has 2 N–H and O–H groups in total. The third-order valence-corrected chi connectivity index (χ3v) is 4.40. The number of likely N-dealkylation sites (N-methyl/N-ethyl adjacent to an activating group) is 1. The number of carbonyl (C=O) groups is 2. The zero-order chi connectivity index (χ0) is 17.4. The van der Waals surface area contributed by atoms with Crippen LogP contribution in [-0.4, -0.2) is 50.2 Å². The number of amides is 2. The molecule has 6 nitrogen and oxygen atoms in total. The van der Waals surface area contributed by atoms with Crippen molar-refractivity contribution in [2.24, 2.45) is 5.92 Å². The smallest absolute Gasteiger partial charge is 0.407 e. The van der Waals surface area contributed by atoms with Crippen LogP contribution < -0.4 is 10.6 Å². The van der Waals surface area contributed by atoms with Gasteiger partial charge in [-0.15, -0.1) is 0 Å². The predicted octanol–water partition coefficient (Wildman–Crippen LogP) is 2.02. The monoisotopic (exact) mass is 353 g/mol. The highest BCUT2D eigenvalue weighted by Gasteiger charge is 2.20. The summed E-state index contributed by atoms with van der Waals surface area (Å²) in [4.78, 5) is 24.9. The minimum Gasteiger partial charge on any atom is -0.449 e. The summed E-state index contributed by atoms with van der Waals surface area (Å²) in [6, 6.07) is 7.92. The molecule has 1 aromatic rings. The van der Waals surface area contributed by atoms with Gasteiger partial charge in [-0.1, -0.05) is 23.7 Å². The number of carbonyl (C=O) groups excluding carboxylic acids is 2. The standard InChI is InChI=1S/C17H24ClN3O3/c1-19-16(22)10-20-17(23)24-12-14-6-8-21(9-7-14)11-13-2-4-15(18)5-3-13/h2-5,14H,6-12H2,1H3,(H,19,22)(H,20,23). The molecule has 1 aliphatic heterocycles. The highest BCUT2D eigenvalue weighted by Crippen LogP contribution is 2.20. The molecule has 0 unspecified atom stereocenters. The molecule has 1 aromatic carbocycles. The lowest BCUT2D eigenvalue weighted by atomic mass is 9.97. The van der Waals surface area contributed by atoms with Crippen molar-refractivity contribution in [2.75, 3.05) is 33.3 Å². The minimum absolute atomic E-state index is 0.0606. The second-order valence-corrected chi connectivity index (χ2v) is 6.41. The number of piperidine rings is 1. The first-order valence-electron chi connectivity index (χ1n) is 8.15. The van der Waals surface area contributed by atoms with Gasteiger partial charge in [0.25, 0.3) is 0 Å². The van der Waals surface area contributed by atoms with Crippen LogP contribution in [0, 0.1) is 5.92 Å². The Bertz CT molecular complexity index is 543. The quantitative estimate of drug-likeness (QED) is 0.821. The van der Waals surface area contributed by atoms with Crippen LogP contribution in [0.2, 0.25) is 5.02 Å². The minimum atomic E-state index is -0.540. The van der Waals surface area contributed by atoms with Crippen molar-refractivity contribution in [1.82, 2.24) is 15.5 Å². The Kier molecular flexibility index (Phi) is 7.34. The van der Waals surface area contributed by atoms with Gasteiger partial charge in [-0.05, 0) is 49.5 Å². The third kappa shape index (κ3) is 6.37. The van der Waals surface area contributed by atoms with Crippen LogP contribution in [0.4, 0.5) is 4.79 Å². The zero-order valence-corrected chi connectivity index (χ0v) is 14.6. The summed E-state index contributed by atoms with van der Waals surface area (Å²) >= 11 is 5.90. The summed E-state index contributed by atoms with van der Waals surface area (Å²) in [7, 11) is 1.52. The summed E-state index contributed by atoms with van der Waals surface area (Å²) in [5.41, 5.74) is 1.25. The highest BCUT2D eigenvalue weighted by molar-refractivity contribution is 6.30. The van der Waals surface area contributed by atoms with Gasteiger partial charge in [0.15, 0.2) is 0 Å². The van der Waals surface area contributed by atoms with Crippen molar-refractivity contribution in [2.45, 2.75) is 19.4 Å². The van der Waals surface area contributed by atoms with Crippen molar-refractivity contribution < 1.29 is 14.3 Å². The summed E-state index contributed by atoms with van der Waals surface area (Å²) in [6.45, 7) is 3.22. The molecule has 0 aromatic heterocycles. The molecule has 2 rings (SSSR count). The molecule has 24 heavy (non-hydrogen) atoms. The van der Waals surface area contributed by atoms with Gasteiger partial charge in [0.05, 0.1) is 13.2 Å². The van der Waals surface area contributed by atoms with E-state index in [0.29, 0.717) is 12.5 Å². The number of hydrogen-bond acceptors (Lipinski definition) is 4. The fraction of sp³-hybridized carbons (Fsp3) is 0.529. The van der Waals surface area contributed by atoms with Crippen LogP contribution >= 0.6 is 11.6 Å². The zero-order valence-electron chi connectivity index (χ0n) is 13.9. The molecular formula is C17H24ClN3O3. The number of ether oxygens (including phenoxy) is 1. The Labute approximate surface area is 147 Å². The predicted molar refractivity (Wildman–Crippen MR) is 92.9 cm³/mol. The molecule has 0 saturated carbocycles. The second-order valence-electron chi connectivity index (χ2n) is 5.97. The van der Waals surface area contributed by atoms with Gasteiger partial charge in [0.2, 0.25) is 5.91 Å². The maximum atomic E-state index is 11.5. The van der Waals surface area contributed by atoms with Crippen LogP contribution in [0.1, 0.15) is 18.4 Å². The SMILES string of the molecule is CNC(=O)CNC(=O)OCC1CCN(Cc2ccc(Cl)cc2)CC1. The van der Waals surface area contributed by atoms with Gasteiger partial charge >= 0.3 is 6.09 Å². The number of rotatable bonds is 6. The Morgan fingerprint density at radius 1 is 1.25 bits per heavy atom. The Morgan fingerprint density at radius 2 is 1.92 bits per heavy atom. The van der Waals surface area contributed by atoms with Crippen LogP contribution in [0.3, 0.4) is 0 Å². The molecule has 1 aliphatic rings. The van der Waals surface area contributed by atoms with Crippen LogP contribution in [0.25, 0.3) is 0 Å². The molecular weight excluding hydrogens is 330 g/mol. The normalized spacial score (nSPS) is 15.8. The van der Waals surface area contributed by atoms with Crippen LogP contribution in [-0.2, 0) is 16.1 Å². The molecule has 0 radical (unpaired) electrons. The van der Waals surface area contributed by atoms with Gasteiger partial charge in [-0.3, -0.25) is 9.69 Å². The Hall–Kier alpha value is -1.79. The molecule has 0 bridgehead atoms. The molecule has 1 heterocycles. The van der Waals surface area contributed by atoms with E-state index >= 15 is 0 Å². The number of benzene rings is 1. The largest absolute Gasteiger partial charge is 0.449 e. The first-order valence-corrected chi connectivity index (χ1v) is 8.52. The van der Waals surface area contributed by atoms with E-state index in [1.165, 1.54) is 12.6 Å². The van der Waals surface area contributed by atoms with Crippen molar-refractivity contribution in [3.63, 3.8) is 0 Å². The Balaban J connectivity index is 1.63. The van der Waals surface area contributed by atoms with Gasteiger partial charge in [-0.2, -0.15) is 0 Å². The number of halogens is 1. The molecule has 1 fully saturated rings. The number of hydrogen-bond donors (Lipinski definition) is 2. The Morgan fingerprint density at radius 3 is 2.54 bits per heavy atom. The summed E-state index contributed by atoms with van der Waals surface area (Å²) in [5, 5.41) is 5.61. The summed E-state index contributed by atoms with van der Waals surface area (Å²) in [5.74, 6) is 0.125. The fourth-order valence-electron chi connectivity index (χ4n) is 2.64. The van der Waals surface area contributed by atoms with Gasteiger partial charge < -0.3 is 15.4 Å². The van der Waals surface area contributed by atoms with E-state index in [4.69, 9.17) is 16.3 Å². The molecule has 132 valence electrons. The second kappa shape index (κ2) is 9.49. The van der Waals surface area contributed by atoms with Crippen LogP contribution in [0.15, 0.2) is 24.3 Å². The van der Waals surface area contributed by atoms with Gasteiger partial charge in [0.1, 0.15) is 0 Å². The van der Waals surface area contributed by atoms with Crippen molar-refractivity contribution in [1.29, 1.82) is 0 Å². The van der Waals surface area contributed by atoms with E-state index in [1.54, 1.807) is 0 Å². The van der Waals surface area contributed by atoms with Crippen molar-refractivity contribution in [3.8, 4) is 0 Å². The summed E-state index contributed by atoms with van der Waals surface area (Å²) < 4.78 is 5.18. The number of likely N-dealkylation sites (tertiary alicyclic amines) is 1. The topological polar surface area (TPSA) is 70.7 Å². The molecule has 1 saturated heterocycles. The average molecular weight is 354 g/mol. The number of nitrogens with one attached hydrogen (secondary N) is 2. The van der Waals surface area contributed by atoms with E-state index in [0.717, 1.165) is 37.5 Å². The maximum absolute atomic E-state index is 11.5. The van der Waals surface area contributed by atoms with Gasteiger partial charge in [-0.25, -0.2) is 4.79 Å². The first kappa shape index (κ1) is 18.5. The maximum Gasteiger partial charge on any atom is 0.407 e. The molecule has 0 atom stereocenters. The lowest BCUT2D eigenvalue weighted by molar-refractivity contribution is -0.119. The van der Waals surface area contributed by atoms with Crippen LogP contribution in [0.5, 0.6) is 0 Å². The van der Waals surface area contributed by atoms with E-state index in [1.807, 2.05) is 24.3 Å². The van der Waals surface area contributed by atoms with Crippen molar-refractivity contribution >= 4 is 23.6 Å². The van der Waals surface area contributed by atoms with Gasteiger partial charge in [0, 0.05) is 18.6 Å². The number of nitrogens with zero attached hydrogens (tertiary/aromatic N) is 1. The lowest BCUT2D eigenvalue weighted by Crippen LogP contribution is -2.38. The lowest BCUT2D eigenvalue weighted by Gasteiger charge is -2.31. The average Bonchev–Trinajstić information content (AvgIpc) is 2.61. The molecule has 7 heteroatoms. The molecule has 0 aliphatic carbocycles. The number of alkyl carbamates (subject to hydrolysis) is 1. The van der Waals surface area contributed by atoms with E-state index in [2.05, 4.69) is 15.5 Å². The molecule has 0 spiro atoms. The fourth-order valence-corrected chi connectivity index (χ4v) is 2.77. The van der Waals surface area contributed by atoms with E-state index in [9.17, 15) is 9.59 Å². The third-order valence-electron chi connectivity index (χ3n) is 4.15. The van der Waals surface area contributed by atoms with Crippen molar-refractivity contribution in [3.05, 3.63) is 34.9 Å². The summed E-state index contributed by atoms with van der Waals surface area (Å²) in [6.07, 6.45) is 1.45. The van der Waals surface area contributed by atoms with E-state index in [-0.39, 0.29) is 12.5 Å². The molecule has 2 amide bonds.